The number of hydrogen-bond donors (Lipinski definition) is 1. The second-order valence-corrected chi connectivity index (χ2v) is 5.65. The van der Waals surface area contributed by atoms with E-state index in [1.165, 1.54) is 0 Å². The van der Waals surface area contributed by atoms with Crippen molar-refractivity contribution < 1.29 is 14.3 Å². The topological polar surface area (TPSA) is 72.8 Å². The lowest BCUT2D eigenvalue weighted by atomic mass is 9.95. The van der Waals surface area contributed by atoms with E-state index in [-0.39, 0.29) is 12.2 Å². The molecule has 0 bridgehead atoms. The Labute approximate surface area is 127 Å². The van der Waals surface area contributed by atoms with Crippen molar-refractivity contribution in [3.05, 3.63) is 36.9 Å². The van der Waals surface area contributed by atoms with E-state index < -0.39 is 0 Å². The van der Waals surface area contributed by atoms with Crippen molar-refractivity contribution in [3.8, 4) is 17.1 Å². The Bertz CT molecular complexity index is 758. The molecule has 0 radical (unpaired) electrons. The zero-order valence-electron chi connectivity index (χ0n) is 12.1. The lowest BCUT2D eigenvalue weighted by Crippen LogP contribution is -2.26. The molecular weight excluding hydrogens is 282 g/mol. The minimum absolute atomic E-state index is 0.120. The molecule has 3 heterocycles. The van der Waals surface area contributed by atoms with Crippen molar-refractivity contribution >= 4 is 5.65 Å². The molecule has 1 aliphatic carbocycles. The number of imidazole rings is 1. The molecule has 0 aliphatic heterocycles. The summed E-state index contributed by atoms with van der Waals surface area (Å²) >= 11 is 0. The maximum Gasteiger partial charge on any atom is 0.232 e. The molecule has 0 unspecified atom stereocenters. The first-order valence-electron chi connectivity index (χ1n) is 7.52. The van der Waals surface area contributed by atoms with Gasteiger partial charge in [-0.3, -0.25) is 0 Å². The molecule has 3 aromatic heterocycles. The Hall–Kier alpha value is -2.34. The number of rotatable bonds is 3. The Morgan fingerprint density at radius 3 is 2.82 bits per heavy atom. The Balaban J connectivity index is 1.61. The van der Waals surface area contributed by atoms with Crippen LogP contribution in [0.15, 0.2) is 41.3 Å². The quantitative estimate of drug-likeness (QED) is 0.805. The predicted octanol–water partition coefficient (Wildman–Crippen LogP) is 2.67. The van der Waals surface area contributed by atoms with E-state index in [1.807, 2.05) is 18.2 Å². The molecule has 3 aromatic rings. The molecule has 114 valence electrons. The van der Waals surface area contributed by atoms with Crippen LogP contribution in [0.3, 0.4) is 0 Å². The van der Waals surface area contributed by atoms with Gasteiger partial charge in [0.05, 0.1) is 30.5 Å². The van der Waals surface area contributed by atoms with E-state index in [2.05, 4.69) is 10.1 Å². The molecule has 1 N–H and O–H groups in total. The van der Waals surface area contributed by atoms with E-state index >= 15 is 0 Å². The Kier molecular flexibility index (Phi) is 3.31. The minimum atomic E-state index is -0.184. The first kappa shape index (κ1) is 13.3. The zero-order chi connectivity index (χ0) is 14.9. The van der Waals surface area contributed by atoms with Crippen LogP contribution in [0.4, 0.5) is 0 Å². The van der Waals surface area contributed by atoms with Crippen molar-refractivity contribution in [2.45, 2.75) is 37.9 Å². The van der Waals surface area contributed by atoms with Gasteiger partial charge >= 0.3 is 0 Å². The van der Waals surface area contributed by atoms with Gasteiger partial charge in [-0.25, -0.2) is 9.50 Å². The fourth-order valence-electron chi connectivity index (χ4n) is 2.86. The van der Waals surface area contributed by atoms with Crippen molar-refractivity contribution in [3.63, 3.8) is 0 Å². The number of nitrogens with zero attached hydrogens (tertiary/aromatic N) is 3. The number of aliphatic hydroxyl groups excluding tert-OH is 1. The third-order valence-corrected chi connectivity index (χ3v) is 4.09. The second-order valence-electron chi connectivity index (χ2n) is 5.65. The van der Waals surface area contributed by atoms with E-state index in [4.69, 9.17) is 9.15 Å². The van der Waals surface area contributed by atoms with Gasteiger partial charge in [-0.2, -0.15) is 0 Å². The van der Waals surface area contributed by atoms with Gasteiger partial charge in [0.25, 0.3) is 0 Å². The molecular formula is C16H17N3O3. The van der Waals surface area contributed by atoms with Gasteiger partial charge in [0, 0.05) is 11.6 Å². The third-order valence-electron chi connectivity index (χ3n) is 4.09. The van der Waals surface area contributed by atoms with Gasteiger partial charge < -0.3 is 14.3 Å². The molecule has 6 nitrogen and oxygen atoms in total. The average molecular weight is 299 g/mol. The highest BCUT2D eigenvalue weighted by Crippen LogP contribution is 2.25. The van der Waals surface area contributed by atoms with Gasteiger partial charge in [0.15, 0.2) is 5.65 Å². The number of aliphatic hydroxyl groups is 1. The molecule has 0 spiro atoms. The molecule has 1 saturated carbocycles. The summed E-state index contributed by atoms with van der Waals surface area (Å²) in [6, 6.07) is 5.61. The third kappa shape index (κ3) is 2.46. The maximum absolute atomic E-state index is 9.56. The standard InChI is InChI=1S/C16H17N3O3/c20-12-1-3-13(4-2-12)22-16-6-5-15-17-9-14(19(15)18-16)11-7-8-21-10-11/h5-10,12-13,20H,1-4H2/t12-,13-. The van der Waals surface area contributed by atoms with Crippen LogP contribution in [-0.2, 0) is 0 Å². The maximum atomic E-state index is 9.56. The molecule has 0 atom stereocenters. The number of fused-ring (bicyclic) bond motifs is 1. The van der Waals surface area contributed by atoms with Crippen LogP contribution >= 0.6 is 0 Å². The molecule has 4 rings (SSSR count). The number of aromatic nitrogens is 3. The summed E-state index contributed by atoms with van der Waals surface area (Å²) in [5.74, 6) is 0.580. The summed E-state index contributed by atoms with van der Waals surface area (Å²) in [6.45, 7) is 0. The second kappa shape index (κ2) is 5.46. The van der Waals surface area contributed by atoms with Crippen molar-refractivity contribution in [2.24, 2.45) is 0 Å². The Morgan fingerprint density at radius 2 is 2.05 bits per heavy atom. The van der Waals surface area contributed by atoms with E-state index in [0.717, 1.165) is 42.6 Å². The van der Waals surface area contributed by atoms with Crippen molar-refractivity contribution in [1.29, 1.82) is 0 Å². The number of furan rings is 1. The van der Waals surface area contributed by atoms with Gasteiger partial charge in [-0.1, -0.05) is 0 Å². The summed E-state index contributed by atoms with van der Waals surface area (Å²) in [4.78, 5) is 4.34. The van der Waals surface area contributed by atoms with E-state index in [1.54, 1.807) is 23.2 Å². The Morgan fingerprint density at radius 1 is 1.18 bits per heavy atom. The summed E-state index contributed by atoms with van der Waals surface area (Å²) < 4.78 is 12.8. The number of hydrogen-bond acceptors (Lipinski definition) is 5. The van der Waals surface area contributed by atoms with Gasteiger partial charge in [0.1, 0.15) is 6.10 Å². The van der Waals surface area contributed by atoms with E-state index in [9.17, 15) is 5.11 Å². The summed E-state index contributed by atoms with van der Waals surface area (Å²) in [7, 11) is 0. The van der Waals surface area contributed by atoms with Crippen molar-refractivity contribution in [1.82, 2.24) is 14.6 Å². The summed E-state index contributed by atoms with van der Waals surface area (Å²) in [6.07, 6.45) is 8.30. The smallest absolute Gasteiger partial charge is 0.232 e. The predicted molar refractivity (Wildman–Crippen MR) is 79.6 cm³/mol. The molecule has 0 amide bonds. The summed E-state index contributed by atoms with van der Waals surface area (Å²) in [5, 5.41) is 14.1. The fraction of sp³-hybridized carbons (Fsp3) is 0.375. The first-order chi connectivity index (χ1) is 10.8. The van der Waals surface area contributed by atoms with Gasteiger partial charge in [-0.05, 0) is 37.8 Å². The van der Waals surface area contributed by atoms with Crippen LogP contribution in [0.1, 0.15) is 25.7 Å². The SMILES string of the molecule is O[C@H]1CC[C@H](Oc2ccc3ncc(-c4ccoc4)n3n2)CC1. The highest BCUT2D eigenvalue weighted by atomic mass is 16.5. The van der Waals surface area contributed by atoms with Crippen LogP contribution in [0.2, 0.25) is 0 Å². The number of ether oxygens (including phenoxy) is 1. The molecule has 1 fully saturated rings. The highest BCUT2D eigenvalue weighted by Gasteiger charge is 2.21. The van der Waals surface area contributed by atoms with Crippen LogP contribution in [0, 0.1) is 0 Å². The monoisotopic (exact) mass is 299 g/mol. The van der Waals surface area contributed by atoms with Crippen LogP contribution in [-0.4, -0.2) is 31.9 Å². The molecule has 0 aromatic carbocycles. The lowest BCUT2D eigenvalue weighted by Gasteiger charge is -2.25. The highest BCUT2D eigenvalue weighted by molar-refractivity contribution is 5.61. The molecule has 22 heavy (non-hydrogen) atoms. The molecule has 1 aliphatic rings. The minimum Gasteiger partial charge on any atom is -0.473 e. The fourth-order valence-corrected chi connectivity index (χ4v) is 2.86. The van der Waals surface area contributed by atoms with Crippen LogP contribution < -0.4 is 4.74 Å². The summed E-state index contributed by atoms with van der Waals surface area (Å²) in [5.41, 5.74) is 2.56. The zero-order valence-corrected chi connectivity index (χ0v) is 12.1. The molecule has 0 saturated heterocycles. The largest absolute Gasteiger partial charge is 0.473 e. The van der Waals surface area contributed by atoms with E-state index in [0.29, 0.717) is 5.88 Å². The van der Waals surface area contributed by atoms with Gasteiger partial charge in [-0.15, -0.1) is 5.10 Å². The van der Waals surface area contributed by atoms with Crippen LogP contribution in [0.25, 0.3) is 16.9 Å². The first-order valence-corrected chi connectivity index (χ1v) is 7.52. The van der Waals surface area contributed by atoms with Crippen LogP contribution in [0.5, 0.6) is 5.88 Å². The average Bonchev–Trinajstić information content (AvgIpc) is 3.18. The van der Waals surface area contributed by atoms with Crippen molar-refractivity contribution in [2.75, 3.05) is 0 Å². The normalized spacial score (nSPS) is 22.0. The van der Waals surface area contributed by atoms with Gasteiger partial charge in [0.2, 0.25) is 5.88 Å². The molecule has 6 heteroatoms. The lowest BCUT2D eigenvalue weighted by molar-refractivity contribution is 0.0637.